The van der Waals surface area contributed by atoms with Gasteiger partial charge in [-0.2, -0.15) is 0 Å². The topological polar surface area (TPSA) is 66.8 Å². The lowest BCUT2D eigenvalue weighted by Gasteiger charge is -2.38. The SMILES string of the molecule is CON(C)C(=O)[C@H]1CC[C@@](C)(C(=O)O)C1(C)C. The molecule has 0 radical (unpaired) electrons. The first-order valence-corrected chi connectivity index (χ1v) is 5.73. The molecule has 0 aromatic heterocycles. The highest BCUT2D eigenvalue weighted by Crippen LogP contribution is 2.56. The van der Waals surface area contributed by atoms with E-state index in [1.165, 1.54) is 12.2 Å². The van der Waals surface area contributed by atoms with Crippen molar-refractivity contribution in [3.05, 3.63) is 0 Å². The lowest BCUT2D eigenvalue weighted by molar-refractivity contribution is -0.179. The Kier molecular flexibility index (Phi) is 3.52. The summed E-state index contributed by atoms with van der Waals surface area (Å²) in [5.74, 6) is -1.30. The molecule has 1 amide bonds. The monoisotopic (exact) mass is 243 g/mol. The van der Waals surface area contributed by atoms with Crippen LogP contribution in [0, 0.1) is 16.7 Å². The van der Waals surface area contributed by atoms with Gasteiger partial charge in [0.15, 0.2) is 0 Å². The molecule has 0 heterocycles. The van der Waals surface area contributed by atoms with E-state index in [0.29, 0.717) is 12.8 Å². The van der Waals surface area contributed by atoms with Gasteiger partial charge < -0.3 is 5.11 Å². The van der Waals surface area contributed by atoms with Crippen LogP contribution in [0.25, 0.3) is 0 Å². The molecule has 0 aromatic rings. The van der Waals surface area contributed by atoms with Crippen LogP contribution in [-0.4, -0.2) is 36.2 Å². The van der Waals surface area contributed by atoms with Crippen LogP contribution in [0.3, 0.4) is 0 Å². The van der Waals surface area contributed by atoms with Gasteiger partial charge in [0.2, 0.25) is 5.91 Å². The third-order valence-electron chi connectivity index (χ3n) is 4.58. The molecule has 1 N–H and O–H groups in total. The van der Waals surface area contributed by atoms with Crippen molar-refractivity contribution in [2.24, 2.45) is 16.7 Å². The Morgan fingerprint density at radius 3 is 2.24 bits per heavy atom. The average molecular weight is 243 g/mol. The van der Waals surface area contributed by atoms with Gasteiger partial charge in [-0.05, 0) is 25.2 Å². The van der Waals surface area contributed by atoms with E-state index in [4.69, 9.17) is 4.84 Å². The number of hydrogen-bond acceptors (Lipinski definition) is 3. The summed E-state index contributed by atoms with van der Waals surface area (Å²) >= 11 is 0. The number of carboxylic acid groups (broad SMARTS) is 1. The Morgan fingerprint density at radius 1 is 1.35 bits per heavy atom. The van der Waals surface area contributed by atoms with E-state index in [1.807, 2.05) is 13.8 Å². The molecule has 1 rings (SSSR count). The third-order valence-corrected chi connectivity index (χ3v) is 4.58. The van der Waals surface area contributed by atoms with Crippen LogP contribution in [0.15, 0.2) is 0 Å². The second-order valence-electron chi connectivity index (χ2n) is 5.47. The van der Waals surface area contributed by atoms with Crippen molar-refractivity contribution in [1.82, 2.24) is 5.06 Å². The van der Waals surface area contributed by atoms with E-state index in [0.717, 1.165) is 0 Å². The summed E-state index contributed by atoms with van der Waals surface area (Å²) < 4.78 is 0. The lowest BCUT2D eigenvalue weighted by atomic mass is 9.65. The number of carbonyl (C=O) groups is 2. The molecule has 5 nitrogen and oxygen atoms in total. The number of rotatable bonds is 3. The summed E-state index contributed by atoms with van der Waals surface area (Å²) in [6, 6.07) is 0. The molecule has 17 heavy (non-hydrogen) atoms. The summed E-state index contributed by atoms with van der Waals surface area (Å²) in [5.41, 5.74) is -1.44. The highest BCUT2D eigenvalue weighted by Gasteiger charge is 2.58. The number of carboxylic acids is 1. The molecule has 2 atom stereocenters. The number of hydroxylamine groups is 2. The maximum atomic E-state index is 12.1. The minimum absolute atomic E-state index is 0.150. The maximum Gasteiger partial charge on any atom is 0.309 e. The average Bonchev–Trinajstić information content (AvgIpc) is 2.49. The van der Waals surface area contributed by atoms with Gasteiger partial charge in [-0.1, -0.05) is 13.8 Å². The fraction of sp³-hybridized carbons (Fsp3) is 0.833. The zero-order chi connectivity index (χ0) is 13.4. The van der Waals surface area contributed by atoms with Crippen LogP contribution in [0.2, 0.25) is 0 Å². The zero-order valence-corrected chi connectivity index (χ0v) is 11.1. The zero-order valence-electron chi connectivity index (χ0n) is 11.1. The van der Waals surface area contributed by atoms with Gasteiger partial charge in [0.05, 0.1) is 12.5 Å². The summed E-state index contributed by atoms with van der Waals surface area (Å²) in [5, 5.41) is 10.5. The highest BCUT2D eigenvalue weighted by atomic mass is 16.7. The standard InChI is InChI=1S/C12H21NO4/c1-11(2)8(9(14)13(4)17-5)6-7-12(11,3)10(15)16/h8H,6-7H2,1-5H3,(H,15,16)/t8-,12+/m1/s1. The summed E-state index contributed by atoms with van der Waals surface area (Å²) in [4.78, 5) is 28.4. The Bertz CT molecular complexity index is 339. The molecule has 1 aliphatic carbocycles. The van der Waals surface area contributed by atoms with Crippen LogP contribution < -0.4 is 0 Å². The van der Waals surface area contributed by atoms with Crippen molar-refractivity contribution < 1.29 is 19.5 Å². The van der Waals surface area contributed by atoms with Crippen LogP contribution in [-0.2, 0) is 14.4 Å². The quantitative estimate of drug-likeness (QED) is 0.763. The van der Waals surface area contributed by atoms with E-state index in [1.54, 1.807) is 14.0 Å². The Labute approximate surface area is 102 Å². The molecule has 0 aromatic carbocycles. The molecular weight excluding hydrogens is 222 g/mol. The van der Waals surface area contributed by atoms with Crippen molar-refractivity contribution in [2.45, 2.75) is 33.6 Å². The fourth-order valence-corrected chi connectivity index (χ4v) is 2.62. The van der Waals surface area contributed by atoms with E-state index < -0.39 is 16.8 Å². The molecule has 0 aliphatic heterocycles. The van der Waals surface area contributed by atoms with E-state index >= 15 is 0 Å². The smallest absolute Gasteiger partial charge is 0.309 e. The molecule has 0 bridgehead atoms. The molecule has 5 heteroatoms. The molecular formula is C12H21NO4. The Morgan fingerprint density at radius 2 is 1.88 bits per heavy atom. The molecule has 98 valence electrons. The van der Waals surface area contributed by atoms with Gasteiger partial charge in [0, 0.05) is 13.0 Å². The highest BCUT2D eigenvalue weighted by molar-refractivity contribution is 5.83. The number of aliphatic carboxylic acids is 1. The molecule has 1 saturated carbocycles. The molecule has 0 unspecified atom stereocenters. The Hall–Kier alpha value is -1.10. The molecule has 1 fully saturated rings. The summed E-state index contributed by atoms with van der Waals surface area (Å²) in [6.07, 6.45) is 1.10. The summed E-state index contributed by atoms with van der Waals surface area (Å²) in [6.45, 7) is 5.41. The predicted molar refractivity (Wildman–Crippen MR) is 62.0 cm³/mol. The largest absolute Gasteiger partial charge is 0.481 e. The molecule has 0 spiro atoms. The first-order chi connectivity index (χ1) is 7.68. The van der Waals surface area contributed by atoms with Crippen molar-refractivity contribution in [2.75, 3.05) is 14.2 Å². The van der Waals surface area contributed by atoms with Crippen LogP contribution in [0.5, 0.6) is 0 Å². The van der Waals surface area contributed by atoms with Gasteiger partial charge >= 0.3 is 5.97 Å². The molecule has 0 saturated heterocycles. The van der Waals surface area contributed by atoms with Crippen molar-refractivity contribution in [3.8, 4) is 0 Å². The van der Waals surface area contributed by atoms with Gasteiger partial charge in [0.1, 0.15) is 0 Å². The first kappa shape index (κ1) is 14.0. The van der Waals surface area contributed by atoms with Crippen molar-refractivity contribution in [3.63, 3.8) is 0 Å². The number of hydrogen-bond donors (Lipinski definition) is 1. The van der Waals surface area contributed by atoms with Crippen LogP contribution >= 0.6 is 0 Å². The normalized spacial score (nSPS) is 31.2. The van der Waals surface area contributed by atoms with Crippen molar-refractivity contribution >= 4 is 11.9 Å². The van der Waals surface area contributed by atoms with E-state index in [2.05, 4.69) is 0 Å². The van der Waals surface area contributed by atoms with Gasteiger partial charge in [-0.3, -0.25) is 14.4 Å². The van der Waals surface area contributed by atoms with E-state index in [-0.39, 0.29) is 11.8 Å². The Balaban J connectivity index is 3.01. The summed E-state index contributed by atoms with van der Waals surface area (Å²) in [7, 11) is 2.98. The fourth-order valence-electron chi connectivity index (χ4n) is 2.62. The van der Waals surface area contributed by atoms with Gasteiger partial charge in [0.25, 0.3) is 0 Å². The van der Waals surface area contributed by atoms with Crippen molar-refractivity contribution in [1.29, 1.82) is 0 Å². The minimum atomic E-state index is -0.859. The van der Waals surface area contributed by atoms with Crippen LogP contribution in [0.1, 0.15) is 33.6 Å². The third kappa shape index (κ3) is 1.92. The van der Waals surface area contributed by atoms with Crippen LogP contribution in [0.4, 0.5) is 0 Å². The number of nitrogens with zero attached hydrogens (tertiary/aromatic N) is 1. The number of carbonyl (C=O) groups excluding carboxylic acids is 1. The number of amides is 1. The first-order valence-electron chi connectivity index (χ1n) is 5.73. The predicted octanol–water partition coefficient (Wildman–Crippen LogP) is 1.53. The second-order valence-corrected chi connectivity index (χ2v) is 5.47. The van der Waals surface area contributed by atoms with Gasteiger partial charge in [-0.25, -0.2) is 5.06 Å². The second kappa shape index (κ2) is 4.29. The lowest BCUT2D eigenvalue weighted by Crippen LogP contribution is -2.45. The maximum absolute atomic E-state index is 12.1. The minimum Gasteiger partial charge on any atom is -0.481 e. The molecule has 1 aliphatic rings. The van der Waals surface area contributed by atoms with Gasteiger partial charge in [-0.15, -0.1) is 0 Å². The van der Waals surface area contributed by atoms with E-state index in [9.17, 15) is 14.7 Å².